The van der Waals surface area contributed by atoms with Crippen molar-refractivity contribution in [3.63, 3.8) is 0 Å². The van der Waals surface area contributed by atoms with Crippen LogP contribution < -0.4 is 4.74 Å². The number of methoxy groups -OCH3 is 1. The number of aliphatic hydroxyl groups is 1. The number of aromatic hydroxyl groups is 1. The Labute approximate surface area is 77.6 Å². The number of aryl methyl sites for hydroxylation is 1. The van der Waals surface area contributed by atoms with Gasteiger partial charge in [0.15, 0.2) is 0 Å². The van der Waals surface area contributed by atoms with Crippen molar-refractivity contribution < 1.29 is 14.9 Å². The monoisotopic (exact) mass is 182 g/mol. The number of hydrogen-bond acceptors (Lipinski definition) is 3. The molecule has 0 aliphatic carbocycles. The van der Waals surface area contributed by atoms with Crippen LogP contribution in [0.2, 0.25) is 0 Å². The lowest BCUT2D eigenvalue weighted by atomic mass is 10.0. The molecule has 1 aromatic rings. The lowest BCUT2D eigenvalue weighted by Gasteiger charge is -2.10. The van der Waals surface area contributed by atoms with E-state index in [1.807, 2.05) is 6.92 Å². The number of phenolic OH excluding ortho intramolecular Hbond substituents is 1. The van der Waals surface area contributed by atoms with Crippen molar-refractivity contribution in [1.82, 2.24) is 0 Å². The molecule has 0 heterocycles. The van der Waals surface area contributed by atoms with Crippen LogP contribution in [0.3, 0.4) is 0 Å². The summed E-state index contributed by atoms with van der Waals surface area (Å²) in [5, 5.41) is 18.1. The fourth-order valence-electron chi connectivity index (χ4n) is 1.38. The average Bonchev–Trinajstić information content (AvgIpc) is 2.09. The van der Waals surface area contributed by atoms with E-state index in [1.165, 1.54) is 0 Å². The molecule has 0 aliphatic heterocycles. The molecule has 0 aromatic heterocycles. The molecule has 72 valence electrons. The summed E-state index contributed by atoms with van der Waals surface area (Å²) < 4.78 is 5.09. The minimum Gasteiger partial charge on any atom is -0.508 e. The largest absolute Gasteiger partial charge is 0.508 e. The Kier molecular flexibility index (Phi) is 3.14. The van der Waals surface area contributed by atoms with Crippen molar-refractivity contribution in [1.29, 1.82) is 0 Å². The Morgan fingerprint density at radius 1 is 1.38 bits per heavy atom. The zero-order chi connectivity index (χ0) is 9.84. The normalized spacial score (nSPS) is 10.1. The van der Waals surface area contributed by atoms with E-state index >= 15 is 0 Å². The Morgan fingerprint density at radius 3 is 2.62 bits per heavy atom. The molecule has 1 rings (SSSR count). The summed E-state index contributed by atoms with van der Waals surface area (Å²) in [7, 11) is 1.55. The topological polar surface area (TPSA) is 49.7 Å². The van der Waals surface area contributed by atoms with E-state index in [1.54, 1.807) is 19.2 Å². The summed E-state index contributed by atoms with van der Waals surface area (Å²) in [5.41, 5.74) is 1.88. The van der Waals surface area contributed by atoms with Crippen molar-refractivity contribution in [2.45, 2.75) is 13.3 Å². The predicted molar refractivity (Wildman–Crippen MR) is 50.2 cm³/mol. The van der Waals surface area contributed by atoms with E-state index in [-0.39, 0.29) is 12.4 Å². The highest BCUT2D eigenvalue weighted by molar-refractivity contribution is 5.45. The van der Waals surface area contributed by atoms with Crippen LogP contribution in [0.25, 0.3) is 0 Å². The van der Waals surface area contributed by atoms with Crippen LogP contribution in [0.1, 0.15) is 11.1 Å². The second-order valence-corrected chi connectivity index (χ2v) is 2.92. The SMILES string of the molecule is COc1cc(O)cc(C)c1CCO. The van der Waals surface area contributed by atoms with E-state index in [9.17, 15) is 5.11 Å². The summed E-state index contributed by atoms with van der Waals surface area (Å²) in [6.45, 7) is 1.97. The minimum atomic E-state index is 0.0853. The lowest BCUT2D eigenvalue weighted by Crippen LogP contribution is -1.98. The number of aliphatic hydroxyl groups excluding tert-OH is 1. The maximum atomic E-state index is 9.28. The molecule has 13 heavy (non-hydrogen) atoms. The molecule has 0 atom stereocenters. The molecule has 0 aliphatic rings. The summed E-state index contributed by atoms with van der Waals surface area (Å²) in [6, 6.07) is 3.21. The molecular weight excluding hydrogens is 168 g/mol. The van der Waals surface area contributed by atoms with E-state index in [0.29, 0.717) is 12.2 Å². The van der Waals surface area contributed by atoms with E-state index in [2.05, 4.69) is 0 Å². The molecule has 2 N–H and O–H groups in total. The number of phenols is 1. The molecule has 0 saturated heterocycles. The summed E-state index contributed by atoms with van der Waals surface area (Å²) >= 11 is 0. The first-order valence-electron chi connectivity index (χ1n) is 4.16. The van der Waals surface area contributed by atoms with Gasteiger partial charge in [-0.2, -0.15) is 0 Å². The van der Waals surface area contributed by atoms with Crippen molar-refractivity contribution >= 4 is 0 Å². The zero-order valence-electron chi connectivity index (χ0n) is 7.87. The van der Waals surface area contributed by atoms with Crippen LogP contribution in [0.4, 0.5) is 0 Å². The minimum absolute atomic E-state index is 0.0853. The zero-order valence-corrected chi connectivity index (χ0v) is 7.87. The van der Waals surface area contributed by atoms with Gasteiger partial charge in [-0.05, 0) is 30.5 Å². The average molecular weight is 182 g/mol. The first-order chi connectivity index (χ1) is 6.19. The van der Waals surface area contributed by atoms with E-state index in [4.69, 9.17) is 9.84 Å². The third-order valence-electron chi connectivity index (χ3n) is 2.00. The van der Waals surface area contributed by atoms with Gasteiger partial charge in [0, 0.05) is 12.7 Å². The highest BCUT2D eigenvalue weighted by atomic mass is 16.5. The maximum absolute atomic E-state index is 9.28. The first kappa shape index (κ1) is 9.86. The third-order valence-corrected chi connectivity index (χ3v) is 2.00. The van der Waals surface area contributed by atoms with Crippen molar-refractivity contribution in [2.75, 3.05) is 13.7 Å². The Morgan fingerprint density at radius 2 is 2.08 bits per heavy atom. The second-order valence-electron chi connectivity index (χ2n) is 2.92. The number of benzene rings is 1. The highest BCUT2D eigenvalue weighted by Gasteiger charge is 2.07. The van der Waals surface area contributed by atoms with Gasteiger partial charge < -0.3 is 14.9 Å². The number of rotatable bonds is 3. The van der Waals surface area contributed by atoms with Crippen LogP contribution in [-0.4, -0.2) is 23.9 Å². The highest BCUT2D eigenvalue weighted by Crippen LogP contribution is 2.27. The van der Waals surface area contributed by atoms with Crippen LogP contribution >= 0.6 is 0 Å². The Bertz CT molecular complexity index is 294. The van der Waals surface area contributed by atoms with Crippen LogP contribution in [-0.2, 0) is 6.42 Å². The molecule has 1 aromatic carbocycles. The molecular formula is C10H14O3. The molecule has 3 nitrogen and oxygen atoms in total. The van der Waals surface area contributed by atoms with Gasteiger partial charge >= 0.3 is 0 Å². The molecule has 0 amide bonds. The molecule has 0 unspecified atom stereocenters. The third kappa shape index (κ3) is 2.12. The smallest absolute Gasteiger partial charge is 0.126 e. The van der Waals surface area contributed by atoms with Crippen molar-refractivity contribution in [3.8, 4) is 11.5 Å². The predicted octanol–water partition coefficient (Wildman–Crippen LogP) is 1.24. The van der Waals surface area contributed by atoms with E-state index < -0.39 is 0 Å². The summed E-state index contributed by atoms with van der Waals surface area (Å²) in [6.07, 6.45) is 0.551. The molecule has 0 fully saturated rings. The number of hydrogen-bond donors (Lipinski definition) is 2. The molecule has 3 heteroatoms. The second kappa shape index (κ2) is 4.14. The van der Waals surface area contributed by atoms with E-state index in [0.717, 1.165) is 11.1 Å². The van der Waals surface area contributed by atoms with Gasteiger partial charge in [-0.1, -0.05) is 0 Å². The van der Waals surface area contributed by atoms with Gasteiger partial charge in [-0.25, -0.2) is 0 Å². The van der Waals surface area contributed by atoms with Gasteiger partial charge in [0.1, 0.15) is 11.5 Å². The Hall–Kier alpha value is -1.22. The van der Waals surface area contributed by atoms with Gasteiger partial charge in [-0.3, -0.25) is 0 Å². The fourth-order valence-corrected chi connectivity index (χ4v) is 1.38. The first-order valence-corrected chi connectivity index (χ1v) is 4.16. The van der Waals surface area contributed by atoms with Crippen LogP contribution in [0.5, 0.6) is 11.5 Å². The number of ether oxygens (including phenoxy) is 1. The van der Waals surface area contributed by atoms with Gasteiger partial charge in [0.05, 0.1) is 7.11 Å². The Balaban J connectivity index is 3.13. The summed E-state index contributed by atoms with van der Waals surface area (Å²) in [5.74, 6) is 0.822. The van der Waals surface area contributed by atoms with Gasteiger partial charge in [-0.15, -0.1) is 0 Å². The quantitative estimate of drug-likeness (QED) is 0.739. The molecule has 0 spiro atoms. The van der Waals surface area contributed by atoms with Gasteiger partial charge in [0.2, 0.25) is 0 Å². The van der Waals surface area contributed by atoms with Crippen LogP contribution in [0.15, 0.2) is 12.1 Å². The maximum Gasteiger partial charge on any atom is 0.126 e. The van der Waals surface area contributed by atoms with Crippen molar-refractivity contribution in [3.05, 3.63) is 23.3 Å². The summed E-state index contributed by atoms with van der Waals surface area (Å²) in [4.78, 5) is 0. The standard InChI is InChI=1S/C10H14O3/c1-7-5-8(12)6-10(13-2)9(7)3-4-11/h5-6,11-12H,3-4H2,1-2H3. The van der Waals surface area contributed by atoms with Crippen LogP contribution in [0, 0.1) is 6.92 Å². The molecule has 0 saturated carbocycles. The van der Waals surface area contributed by atoms with Crippen molar-refractivity contribution in [2.24, 2.45) is 0 Å². The molecule has 0 bridgehead atoms. The lowest BCUT2D eigenvalue weighted by molar-refractivity contribution is 0.296. The van der Waals surface area contributed by atoms with Gasteiger partial charge in [0.25, 0.3) is 0 Å². The fraction of sp³-hybridized carbons (Fsp3) is 0.400. The molecule has 0 radical (unpaired) electrons.